The molecule has 4 aromatic carbocycles. The molecule has 0 radical (unpaired) electrons. The van der Waals surface area contributed by atoms with Crippen LogP contribution in [-0.4, -0.2) is 28.3 Å². The molecule has 1 atom stereocenters. The molecule has 0 aromatic heterocycles. The highest BCUT2D eigenvalue weighted by Crippen LogP contribution is 2.46. The van der Waals surface area contributed by atoms with Crippen LogP contribution in [0.2, 0.25) is 0 Å². The zero-order valence-corrected chi connectivity index (χ0v) is 22.8. The zero-order chi connectivity index (χ0) is 27.6. The van der Waals surface area contributed by atoms with Crippen molar-refractivity contribution in [3.63, 3.8) is 0 Å². The van der Waals surface area contributed by atoms with Crippen molar-refractivity contribution in [2.45, 2.75) is 43.6 Å². The van der Waals surface area contributed by atoms with Gasteiger partial charge in [0, 0.05) is 38.2 Å². The van der Waals surface area contributed by atoms with Crippen LogP contribution < -0.4 is 21.5 Å². The highest BCUT2D eigenvalue weighted by atomic mass is 32.2. The van der Waals surface area contributed by atoms with Crippen molar-refractivity contribution in [2.24, 2.45) is 16.5 Å². The molecule has 6 N–H and O–H groups in total. The Morgan fingerprint density at radius 3 is 2.56 bits per heavy atom. The lowest BCUT2D eigenvalue weighted by atomic mass is 9.86. The molecule has 0 fully saturated rings. The number of carbonyl (C=O) groups is 1. The van der Waals surface area contributed by atoms with Gasteiger partial charge in [0.05, 0.1) is 5.69 Å². The molecule has 1 unspecified atom stereocenters. The molecule has 1 aliphatic rings. The first-order chi connectivity index (χ1) is 18.7. The number of phenolic OH excluding ortho intramolecular Hbond substituents is 1. The Morgan fingerprint density at radius 1 is 1.08 bits per heavy atom. The number of guanidine groups is 1. The van der Waals surface area contributed by atoms with Gasteiger partial charge in [-0.05, 0) is 81.1 Å². The third-order valence-corrected chi connectivity index (χ3v) is 8.15. The molecule has 0 bridgehead atoms. The number of nitrogens with one attached hydrogen (secondary N) is 1. The lowest BCUT2D eigenvalue weighted by Gasteiger charge is -2.37. The Kier molecular flexibility index (Phi) is 7.39. The first-order valence-electron chi connectivity index (χ1n) is 12.9. The summed E-state index contributed by atoms with van der Waals surface area (Å²) in [5.74, 6) is 1.86. The fraction of sp³-hybridized carbons (Fsp3) is 0.226. The van der Waals surface area contributed by atoms with Gasteiger partial charge in [-0.15, -0.1) is 11.8 Å². The number of carbonyl (C=O) groups excluding carboxylic acids is 1. The molecule has 4 aromatic rings. The van der Waals surface area contributed by atoms with Crippen LogP contribution in [0.1, 0.15) is 41.3 Å². The lowest BCUT2D eigenvalue weighted by molar-refractivity contribution is 0.0641. The van der Waals surface area contributed by atoms with E-state index in [0.717, 1.165) is 57.6 Å². The van der Waals surface area contributed by atoms with Gasteiger partial charge in [-0.3, -0.25) is 4.79 Å². The zero-order valence-electron chi connectivity index (χ0n) is 22.0. The fourth-order valence-electron chi connectivity index (χ4n) is 4.93. The van der Waals surface area contributed by atoms with Gasteiger partial charge in [0.2, 0.25) is 0 Å². The summed E-state index contributed by atoms with van der Waals surface area (Å²) in [6.45, 7) is 4.15. The van der Waals surface area contributed by atoms with Gasteiger partial charge in [-0.25, -0.2) is 4.99 Å². The summed E-state index contributed by atoms with van der Waals surface area (Å²) in [5.41, 5.74) is 14.3. The second-order valence-corrected chi connectivity index (χ2v) is 11.2. The van der Waals surface area contributed by atoms with E-state index in [0.29, 0.717) is 22.7 Å². The maximum Gasteiger partial charge on any atom is 0.255 e. The van der Waals surface area contributed by atoms with Crippen molar-refractivity contribution in [3.05, 3.63) is 89.5 Å². The molecule has 1 heterocycles. The summed E-state index contributed by atoms with van der Waals surface area (Å²) in [5, 5.41) is 15.4. The Bertz CT molecular complexity index is 1560. The molecule has 1 aliphatic heterocycles. The standard InChI is InChI=1S/C31H32N4O3S/c1-19-24-14-15-31(2,38-28(24)26-9-4-3-8-25(26)27(19)36)16-17-39-23-12-10-21(11-13-23)34-29(37)20-6-5-7-22(18-20)35-30(32)33/h3-13,18,36H,14-17H2,1-2H3,(H,34,37)(H4,32,33,35). The number of amides is 1. The van der Waals surface area contributed by atoms with Gasteiger partial charge in [0.25, 0.3) is 5.91 Å². The van der Waals surface area contributed by atoms with Gasteiger partial charge in [-0.2, -0.15) is 0 Å². The predicted molar refractivity (Wildman–Crippen MR) is 159 cm³/mol. The van der Waals surface area contributed by atoms with Gasteiger partial charge < -0.3 is 26.6 Å². The van der Waals surface area contributed by atoms with E-state index in [1.165, 1.54) is 0 Å². The topological polar surface area (TPSA) is 123 Å². The second kappa shape index (κ2) is 10.9. The summed E-state index contributed by atoms with van der Waals surface area (Å²) in [7, 11) is 0. The van der Waals surface area contributed by atoms with Gasteiger partial charge in [-0.1, -0.05) is 30.3 Å². The second-order valence-electron chi connectivity index (χ2n) is 10.0. The van der Waals surface area contributed by atoms with E-state index in [1.807, 2.05) is 55.5 Å². The number of aromatic hydroxyl groups is 1. The molecule has 200 valence electrons. The molecule has 7 nitrogen and oxygen atoms in total. The third kappa shape index (κ3) is 5.81. The van der Waals surface area contributed by atoms with Crippen LogP contribution in [0.15, 0.2) is 82.7 Å². The van der Waals surface area contributed by atoms with Gasteiger partial charge in [0.15, 0.2) is 5.96 Å². The molecule has 8 heteroatoms. The Hall–Kier alpha value is -4.17. The molecule has 5 rings (SSSR count). The number of thioether (sulfide) groups is 1. The Labute approximate surface area is 232 Å². The van der Waals surface area contributed by atoms with Gasteiger partial charge in [0.1, 0.15) is 17.1 Å². The normalized spacial score (nSPS) is 16.3. The summed E-state index contributed by atoms with van der Waals surface area (Å²) < 4.78 is 6.65. The highest BCUT2D eigenvalue weighted by Gasteiger charge is 2.34. The van der Waals surface area contributed by atoms with Crippen LogP contribution in [0.3, 0.4) is 0 Å². The van der Waals surface area contributed by atoms with E-state index in [1.54, 1.807) is 36.0 Å². The van der Waals surface area contributed by atoms with Crippen LogP contribution in [0.5, 0.6) is 11.5 Å². The number of aliphatic imine (C=N–C) groups is 1. The van der Waals surface area contributed by atoms with E-state index < -0.39 is 0 Å². The first-order valence-corrected chi connectivity index (χ1v) is 13.9. The van der Waals surface area contributed by atoms with E-state index in [2.05, 4.69) is 17.2 Å². The molecule has 1 amide bonds. The number of hydrogen-bond donors (Lipinski definition) is 4. The van der Waals surface area contributed by atoms with Crippen LogP contribution in [-0.2, 0) is 6.42 Å². The molecule has 0 spiro atoms. The van der Waals surface area contributed by atoms with Crippen molar-refractivity contribution < 1.29 is 14.6 Å². The number of benzene rings is 4. The van der Waals surface area contributed by atoms with Crippen LogP contribution in [0, 0.1) is 6.92 Å². The minimum atomic E-state index is -0.284. The van der Waals surface area contributed by atoms with Crippen LogP contribution >= 0.6 is 11.8 Å². The number of rotatable bonds is 7. The molecule has 39 heavy (non-hydrogen) atoms. The fourth-order valence-corrected chi connectivity index (χ4v) is 6.03. The van der Waals surface area contributed by atoms with E-state index in [-0.39, 0.29) is 17.5 Å². The van der Waals surface area contributed by atoms with Crippen LogP contribution in [0.25, 0.3) is 10.8 Å². The number of fused-ring (bicyclic) bond motifs is 3. The molecule has 0 saturated heterocycles. The van der Waals surface area contributed by atoms with E-state index in [4.69, 9.17) is 16.2 Å². The van der Waals surface area contributed by atoms with Crippen molar-refractivity contribution in [1.82, 2.24) is 0 Å². The number of nitrogens with zero attached hydrogens (tertiary/aromatic N) is 1. The molecular weight excluding hydrogens is 508 g/mol. The first kappa shape index (κ1) is 26.4. The summed E-state index contributed by atoms with van der Waals surface area (Å²) in [6, 6.07) is 22.5. The van der Waals surface area contributed by atoms with Crippen molar-refractivity contribution >= 4 is 45.8 Å². The largest absolute Gasteiger partial charge is 0.507 e. The molecular formula is C31H32N4O3S. The Morgan fingerprint density at radius 2 is 1.82 bits per heavy atom. The van der Waals surface area contributed by atoms with Crippen molar-refractivity contribution in [1.29, 1.82) is 0 Å². The highest BCUT2D eigenvalue weighted by molar-refractivity contribution is 7.99. The van der Waals surface area contributed by atoms with Crippen LogP contribution in [0.4, 0.5) is 11.4 Å². The number of phenols is 1. The lowest BCUT2D eigenvalue weighted by Crippen LogP contribution is -2.37. The monoisotopic (exact) mass is 540 g/mol. The number of hydrogen-bond acceptors (Lipinski definition) is 5. The van der Waals surface area contributed by atoms with E-state index >= 15 is 0 Å². The average molecular weight is 541 g/mol. The number of ether oxygens (including phenoxy) is 1. The maximum absolute atomic E-state index is 12.7. The quantitative estimate of drug-likeness (QED) is 0.124. The minimum Gasteiger partial charge on any atom is -0.507 e. The predicted octanol–water partition coefficient (Wildman–Crippen LogP) is 6.28. The third-order valence-electron chi connectivity index (χ3n) is 7.14. The minimum absolute atomic E-state index is 0.0571. The average Bonchev–Trinajstić information content (AvgIpc) is 2.92. The molecule has 0 saturated carbocycles. The SMILES string of the molecule is Cc1c2c(c3ccccc3c1O)OC(C)(CCSc1ccc(NC(=O)c3cccc(N=C(N)N)c3)cc1)CC2. The summed E-state index contributed by atoms with van der Waals surface area (Å²) in [6.07, 6.45) is 2.66. The molecule has 0 aliphatic carbocycles. The maximum atomic E-state index is 12.7. The summed E-state index contributed by atoms with van der Waals surface area (Å²) >= 11 is 1.76. The van der Waals surface area contributed by atoms with Crippen molar-refractivity contribution in [2.75, 3.05) is 11.1 Å². The van der Waals surface area contributed by atoms with E-state index in [9.17, 15) is 9.90 Å². The number of anilines is 1. The summed E-state index contributed by atoms with van der Waals surface area (Å²) in [4.78, 5) is 17.8. The van der Waals surface area contributed by atoms with Gasteiger partial charge >= 0.3 is 0 Å². The smallest absolute Gasteiger partial charge is 0.255 e. The number of nitrogens with two attached hydrogens (primary N) is 2. The van der Waals surface area contributed by atoms with Crippen molar-refractivity contribution in [3.8, 4) is 11.5 Å². The Balaban J connectivity index is 1.19.